The summed E-state index contributed by atoms with van der Waals surface area (Å²) in [5.41, 5.74) is -0.884. The zero-order valence-electron chi connectivity index (χ0n) is 19.8. The highest BCUT2D eigenvalue weighted by molar-refractivity contribution is 5.90. The van der Waals surface area contributed by atoms with Crippen molar-refractivity contribution in [2.24, 2.45) is 22.7 Å². The Kier molecular flexibility index (Phi) is 5.16. The van der Waals surface area contributed by atoms with Crippen molar-refractivity contribution in [2.45, 2.75) is 77.3 Å². The lowest BCUT2D eigenvalue weighted by Crippen LogP contribution is -2.72. The van der Waals surface area contributed by atoms with Crippen molar-refractivity contribution in [3.8, 4) is 0 Å². The lowest BCUT2D eigenvalue weighted by Gasteiger charge is -2.63. The summed E-state index contributed by atoms with van der Waals surface area (Å²) in [6.07, 6.45) is -0.443. The van der Waals surface area contributed by atoms with Gasteiger partial charge >= 0.3 is 5.97 Å². The zero-order chi connectivity index (χ0) is 23.8. The van der Waals surface area contributed by atoms with Crippen LogP contribution in [0.5, 0.6) is 0 Å². The van der Waals surface area contributed by atoms with Gasteiger partial charge in [0.25, 0.3) is 0 Å². The fraction of sp³-hybridized carbons (Fsp3) is 0.630. The van der Waals surface area contributed by atoms with Gasteiger partial charge in [-0.05, 0) is 38.8 Å². The molecule has 0 aromatic heterocycles. The summed E-state index contributed by atoms with van der Waals surface area (Å²) in [6, 6.07) is 8.74. The minimum Gasteiger partial charge on any atom is -0.455 e. The van der Waals surface area contributed by atoms with Gasteiger partial charge in [-0.3, -0.25) is 4.79 Å². The van der Waals surface area contributed by atoms with Gasteiger partial charge in [0.2, 0.25) is 0 Å². The molecule has 178 valence electrons. The first-order valence-electron chi connectivity index (χ1n) is 12.0. The van der Waals surface area contributed by atoms with Gasteiger partial charge in [0.05, 0.1) is 29.8 Å². The summed E-state index contributed by atoms with van der Waals surface area (Å²) < 4.78 is 12.0. The highest BCUT2D eigenvalue weighted by Gasteiger charge is 2.69. The maximum atomic E-state index is 13.9. The number of ether oxygens (including phenoxy) is 2. The minimum atomic E-state index is -1.38. The molecule has 1 aromatic carbocycles. The topological polar surface area (TPSA) is 93.1 Å². The van der Waals surface area contributed by atoms with Gasteiger partial charge < -0.3 is 19.7 Å². The summed E-state index contributed by atoms with van der Waals surface area (Å²) >= 11 is 0. The van der Waals surface area contributed by atoms with E-state index in [0.717, 1.165) is 11.1 Å². The van der Waals surface area contributed by atoms with Crippen LogP contribution in [-0.4, -0.2) is 52.5 Å². The van der Waals surface area contributed by atoms with Crippen LogP contribution < -0.4 is 0 Å². The lowest BCUT2D eigenvalue weighted by atomic mass is 9.46. The number of carbonyl (C=O) groups excluding carboxylic acids is 2. The number of aliphatic hydroxyl groups is 2. The molecule has 4 aliphatic rings. The van der Waals surface area contributed by atoms with Crippen LogP contribution in [0.3, 0.4) is 0 Å². The molecule has 2 saturated carbocycles. The third-order valence-electron chi connectivity index (χ3n) is 9.49. The van der Waals surface area contributed by atoms with E-state index in [-0.39, 0.29) is 24.2 Å². The Morgan fingerprint density at radius 2 is 1.88 bits per heavy atom. The second-order valence-electron chi connectivity index (χ2n) is 11.2. The number of benzene rings is 1. The van der Waals surface area contributed by atoms with E-state index in [1.165, 1.54) is 0 Å². The summed E-state index contributed by atoms with van der Waals surface area (Å²) in [4.78, 5) is 27.2. The molecule has 1 heterocycles. The smallest absolute Gasteiger partial charge is 0.338 e. The third-order valence-corrected chi connectivity index (χ3v) is 9.49. The number of aliphatic hydroxyl groups excluding tert-OH is 1. The van der Waals surface area contributed by atoms with E-state index >= 15 is 0 Å². The van der Waals surface area contributed by atoms with Gasteiger partial charge in [-0.1, -0.05) is 43.2 Å². The van der Waals surface area contributed by atoms with Crippen molar-refractivity contribution in [1.82, 2.24) is 0 Å². The number of ketones is 1. The molecule has 3 fully saturated rings. The minimum absolute atomic E-state index is 0.0440. The molecule has 3 aliphatic carbocycles. The van der Waals surface area contributed by atoms with Crippen LogP contribution in [0.15, 0.2) is 41.5 Å². The Bertz CT molecular complexity index is 1010. The summed E-state index contributed by atoms with van der Waals surface area (Å²) in [6.45, 7) is 8.17. The van der Waals surface area contributed by atoms with Gasteiger partial charge in [0, 0.05) is 30.1 Å². The number of esters is 1. The van der Waals surface area contributed by atoms with E-state index < -0.39 is 40.5 Å². The largest absolute Gasteiger partial charge is 0.455 e. The summed E-state index contributed by atoms with van der Waals surface area (Å²) in [5.74, 6) is -1.17. The maximum absolute atomic E-state index is 13.9. The van der Waals surface area contributed by atoms with Crippen LogP contribution in [-0.2, 0) is 14.3 Å². The average Bonchev–Trinajstić information content (AvgIpc) is 2.77. The Morgan fingerprint density at radius 3 is 2.52 bits per heavy atom. The van der Waals surface area contributed by atoms with Crippen LogP contribution in [0, 0.1) is 22.7 Å². The number of carbonyl (C=O) groups is 2. The fourth-order valence-corrected chi connectivity index (χ4v) is 7.05. The Morgan fingerprint density at radius 1 is 1.18 bits per heavy atom. The molecule has 1 aliphatic heterocycles. The van der Waals surface area contributed by atoms with Crippen LogP contribution in [0.1, 0.15) is 63.7 Å². The third kappa shape index (κ3) is 3.03. The predicted octanol–water partition coefficient (Wildman–Crippen LogP) is 3.45. The molecule has 5 rings (SSSR count). The molecule has 6 nitrogen and oxygen atoms in total. The molecular formula is C27H34O6. The molecular weight excluding hydrogens is 420 g/mol. The Balaban J connectivity index is 1.69. The van der Waals surface area contributed by atoms with E-state index in [1.54, 1.807) is 31.2 Å². The molecule has 1 saturated heterocycles. The van der Waals surface area contributed by atoms with Crippen molar-refractivity contribution < 1.29 is 29.3 Å². The first-order chi connectivity index (χ1) is 15.5. The molecule has 0 amide bonds. The van der Waals surface area contributed by atoms with Crippen molar-refractivity contribution >= 4 is 11.8 Å². The summed E-state index contributed by atoms with van der Waals surface area (Å²) in [5, 5.41) is 23.7. The SMILES string of the molecule is CC1=C2CC(=O)C3(C)C(O)CC4OCC4C3C(OC(=O)c3ccccc3)C(O)(CC1)C2(C)C. The van der Waals surface area contributed by atoms with Gasteiger partial charge in [-0.2, -0.15) is 0 Å². The molecule has 7 unspecified atom stereocenters. The maximum Gasteiger partial charge on any atom is 0.338 e. The molecule has 6 heteroatoms. The summed E-state index contributed by atoms with van der Waals surface area (Å²) in [7, 11) is 0. The molecule has 33 heavy (non-hydrogen) atoms. The predicted molar refractivity (Wildman–Crippen MR) is 121 cm³/mol. The first kappa shape index (κ1) is 22.8. The Labute approximate surface area is 195 Å². The number of Topliss-reactive ketones (excluding diaryl/α,β-unsaturated/α-hetero) is 1. The van der Waals surface area contributed by atoms with Crippen LogP contribution >= 0.6 is 0 Å². The molecule has 2 bridgehead atoms. The number of hydrogen-bond donors (Lipinski definition) is 2. The van der Waals surface area contributed by atoms with E-state index in [0.29, 0.717) is 31.4 Å². The standard InChI is InChI=1S/C27H34O6/c1-15-10-11-27(31)23(33-24(30)16-8-6-5-7-9-16)22-17-14-32-19(17)13-21(29)26(22,4)20(28)12-18(15)25(27,2)3/h5-9,17,19,21-23,29,31H,10-14H2,1-4H3. The van der Waals surface area contributed by atoms with E-state index in [4.69, 9.17) is 9.47 Å². The fourth-order valence-electron chi connectivity index (χ4n) is 7.05. The number of allylic oxidation sites excluding steroid dienone is 1. The normalized spacial score (nSPS) is 41.8. The second kappa shape index (κ2) is 7.49. The molecule has 0 radical (unpaired) electrons. The number of rotatable bonds is 2. The van der Waals surface area contributed by atoms with Gasteiger partial charge in [-0.15, -0.1) is 0 Å². The quantitative estimate of drug-likeness (QED) is 0.525. The van der Waals surface area contributed by atoms with E-state index in [9.17, 15) is 19.8 Å². The van der Waals surface area contributed by atoms with Crippen LogP contribution in [0.25, 0.3) is 0 Å². The second-order valence-corrected chi connectivity index (χ2v) is 11.2. The molecule has 2 N–H and O–H groups in total. The highest BCUT2D eigenvalue weighted by Crippen LogP contribution is 2.61. The van der Waals surface area contributed by atoms with E-state index in [1.807, 2.05) is 26.8 Å². The lowest BCUT2D eigenvalue weighted by molar-refractivity contribution is -0.271. The Hall–Kier alpha value is -2.02. The van der Waals surface area contributed by atoms with Crippen molar-refractivity contribution in [2.75, 3.05) is 6.61 Å². The molecule has 0 spiro atoms. The monoisotopic (exact) mass is 454 g/mol. The first-order valence-corrected chi connectivity index (χ1v) is 12.0. The van der Waals surface area contributed by atoms with Crippen molar-refractivity contribution in [1.29, 1.82) is 0 Å². The number of hydrogen-bond acceptors (Lipinski definition) is 6. The van der Waals surface area contributed by atoms with Crippen molar-refractivity contribution in [3.63, 3.8) is 0 Å². The van der Waals surface area contributed by atoms with Gasteiger partial charge in [0.15, 0.2) is 0 Å². The average molecular weight is 455 g/mol. The van der Waals surface area contributed by atoms with E-state index in [2.05, 4.69) is 0 Å². The van der Waals surface area contributed by atoms with Crippen molar-refractivity contribution in [3.05, 3.63) is 47.0 Å². The molecule has 7 atom stereocenters. The zero-order valence-corrected chi connectivity index (χ0v) is 19.8. The van der Waals surface area contributed by atoms with Gasteiger partial charge in [0.1, 0.15) is 17.5 Å². The van der Waals surface area contributed by atoms with Crippen LogP contribution in [0.2, 0.25) is 0 Å². The highest BCUT2D eigenvalue weighted by atomic mass is 16.6. The molecule has 1 aromatic rings. The van der Waals surface area contributed by atoms with Crippen LogP contribution in [0.4, 0.5) is 0 Å². The van der Waals surface area contributed by atoms with Gasteiger partial charge in [-0.25, -0.2) is 4.79 Å². The number of fused-ring (bicyclic) bond motifs is 5.